The number of carboxylic acid groups (broad SMARTS) is 1. The summed E-state index contributed by atoms with van der Waals surface area (Å²) in [6, 6.07) is 12.6. The monoisotopic (exact) mass is 460 g/mol. The fraction of sp³-hybridized carbons (Fsp3) is 0.448. The Morgan fingerprint density at radius 1 is 1.15 bits per heavy atom. The topological polar surface area (TPSA) is 69.6 Å². The molecular formula is C29H36N2O3. The number of terminal acetylenes is 1. The Balaban J connectivity index is 1.81. The second-order valence-corrected chi connectivity index (χ2v) is 9.50. The largest absolute Gasteiger partial charge is 0.480 e. The molecule has 2 aromatic rings. The first-order valence-electron chi connectivity index (χ1n) is 12.2. The summed E-state index contributed by atoms with van der Waals surface area (Å²) in [5.74, 6) is 1.60. The minimum absolute atomic E-state index is 0.0648. The first kappa shape index (κ1) is 25.5. The normalized spacial score (nSPS) is 15.0. The Labute approximate surface area is 203 Å². The summed E-state index contributed by atoms with van der Waals surface area (Å²) >= 11 is 0. The number of benzene rings is 2. The van der Waals surface area contributed by atoms with E-state index in [0.29, 0.717) is 5.56 Å². The van der Waals surface area contributed by atoms with E-state index in [1.54, 1.807) is 6.07 Å². The van der Waals surface area contributed by atoms with Gasteiger partial charge in [-0.1, -0.05) is 62.4 Å². The van der Waals surface area contributed by atoms with E-state index in [2.05, 4.69) is 29.3 Å². The molecule has 0 radical (unpaired) electrons. The van der Waals surface area contributed by atoms with E-state index in [0.717, 1.165) is 41.3 Å². The molecule has 0 aliphatic heterocycles. The van der Waals surface area contributed by atoms with Gasteiger partial charge in [0.1, 0.15) is 6.04 Å². The van der Waals surface area contributed by atoms with Crippen LogP contribution in [-0.2, 0) is 11.3 Å². The van der Waals surface area contributed by atoms with Crippen molar-refractivity contribution in [3.63, 3.8) is 0 Å². The molecule has 1 aliphatic rings. The lowest BCUT2D eigenvalue weighted by Gasteiger charge is -2.25. The van der Waals surface area contributed by atoms with E-state index in [1.807, 2.05) is 37.3 Å². The third kappa shape index (κ3) is 6.95. The number of nitrogens with zero attached hydrogens (tertiary/aromatic N) is 1. The predicted molar refractivity (Wildman–Crippen MR) is 136 cm³/mol. The molecule has 5 heteroatoms. The highest BCUT2D eigenvalue weighted by Gasteiger charge is 2.22. The maximum atomic E-state index is 13.1. The summed E-state index contributed by atoms with van der Waals surface area (Å²) in [5.41, 5.74) is 4.39. The third-order valence-corrected chi connectivity index (χ3v) is 6.79. The molecule has 1 aliphatic carbocycles. The molecule has 0 aromatic heterocycles. The molecule has 2 N–H and O–H groups in total. The quantitative estimate of drug-likeness (QED) is 0.474. The molecular weight excluding hydrogens is 424 g/mol. The van der Waals surface area contributed by atoms with E-state index in [9.17, 15) is 14.7 Å². The fourth-order valence-corrected chi connectivity index (χ4v) is 4.81. The first-order chi connectivity index (χ1) is 16.4. The van der Waals surface area contributed by atoms with Gasteiger partial charge in [-0.05, 0) is 67.2 Å². The highest BCUT2D eigenvalue weighted by Crippen LogP contribution is 2.29. The van der Waals surface area contributed by atoms with Crippen LogP contribution >= 0.6 is 0 Å². The van der Waals surface area contributed by atoms with E-state index < -0.39 is 17.9 Å². The standard InChI is InChI=1S/C29H36N2O3/c1-4-10-27(29(33)34)30-28(32)25-16-15-23(19-26(25)24-14-9-8-11-21(24)2)20-31(3)18-17-22-12-6-5-7-13-22/h1,8-9,11,14-16,19,22,27H,5-7,10,12-13,17-18,20H2,2-3H3,(H,30,32)(H,33,34). The van der Waals surface area contributed by atoms with Crippen molar-refractivity contribution in [1.29, 1.82) is 0 Å². The van der Waals surface area contributed by atoms with Gasteiger partial charge in [0, 0.05) is 18.5 Å². The van der Waals surface area contributed by atoms with Crippen LogP contribution in [0.3, 0.4) is 0 Å². The number of aryl methyl sites for hydroxylation is 1. The molecule has 1 unspecified atom stereocenters. The summed E-state index contributed by atoms with van der Waals surface area (Å²) in [6.45, 7) is 3.86. The minimum atomic E-state index is -1.14. The Bertz CT molecular complexity index is 1030. The van der Waals surface area contributed by atoms with Crippen molar-refractivity contribution in [1.82, 2.24) is 10.2 Å². The van der Waals surface area contributed by atoms with E-state index in [4.69, 9.17) is 6.42 Å². The van der Waals surface area contributed by atoms with Crippen LogP contribution in [0.4, 0.5) is 0 Å². The van der Waals surface area contributed by atoms with Crippen LogP contribution < -0.4 is 5.32 Å². The van der Waals surface area contributed by atoms with Gasteiger partial charge >= 0.3 is 5.97 Å². The van der Waals surface area contributed by atoms with Crippen molar-refractivity contribution in [3.8, 4) is 23.5 Å². The summed E-state index contributed by atoms with van der Waals surface area (Å²) in [5, 5.41) is 12.0. The smallest absolute Gasteiger partial charge is 0.327 e. The molecule has 1 amide bonds. The Hall–Kier alpha value is -3.10. The summed E-state index contributed by atoms with van der Waals surface area (Å²) in [6.07, 6.45) is 13.3. The zero-order valence-electron chi connectivity index (χ0n) is 20.3. The number of carbonyl (C=O) groups is 2. The zero-order valence-corrected chi connectivity index (χ0v) is 20.3. The second-order valence-electron chi connectivity index (χ2n) is 9.50. The highest BCUT2D eigenvalue weighted by molar-refractivity contribution is 6.02. The van der Waals surface area contributed by atoms with E-state index in [-0.39, 0.29) is 6.42 Å². The number of hydrogen-bond donors (Lipinski definition) is 2. The van der Waals surface area contributed by atoms with Crippen LogP contribution in [-0.4, -0.2) is 41.5 Å². The van der Waals surface area contributed by atoms with Crippen molar-refractivity contribution in [2.75, 3.05) is 13.6 Å². The predicted octanol–water partition coefficient (Wildman–Crippen LogP) is 5.27. The summed E-state index contributed by atoms with van der Waals surface area (Å²) in [7, 11) is 2.15. The Morgan fingerprint density at radius 2 is 1.88 bits per heavy atom. The number of amides is 1. The fourth-order valence-electron chi connectivity index (χ4n) is 4.81. The molecule has 1 saturated carbocycles. The molecule has 0 saturated heterocycles. The van der Waals surface area contributed by atoms with Gasteiger partial charge in [-0.2, -0.15) is 0 Å². The highest BCUT2D eigenvalue weighted by atomic mass is 16.4. The number of carbonyl (C=O) groups excluding carboxylic acids is 1. The lowest BCUT2D eigenvalue weighted by molar-refractivity contribution is -0.139. The number of nitrogens with one attached hydrogen (secondary N) is 1. The molecule has 1 atom stereocenters. The van der Waals surface area contributed by atoms with Crippen molar-refractivity contribution >= 4 is 11.9 Å². The van der Waals surface area contributed by atoms with E-state index >= 15 is 0 Å². The maximum absolute atomic E-state index is 13.1. The lowest BCUT2D eigenvalue weighted by Crippen LogP contribution is -2.40. The molecule has 180 valence electrons. The van der Waals surface area contributed by atoms with Crippen molar-refractivity contribution in [3.05, 3.63) is 59.2 Å². The van der Waals surface area contributed by atoms with Gasteiger partial charge < -0.3 is 15.3 Å². The van der Waals surface area contributed by atoms with Gasteiger partial charge in [0.15, 0.2) is 0 Å². The van der Waals surface area contributed by atoms with Crippen LogP contribution in [0.15, 0.2) is 42.5 Å². The maximum Gasteiger partial charge on any atom is 0.327 e. The number of aliphatic carboxylic acids is 1. The van der Waals surface area contributed by atoms with E-state index in [1.165, 1.54) is 38.5 Å². The van der Waals surface area contributed by atoms with Gasteiger partial charge in [0.2, 0.25) is 0 Å². The molecule has 3 rings (SSSR count). The van der Waals surface area contributed by atoms with Crippen LogP contribution in [0.1, 0.15) is 66.4 Å². The third-order valence-electron chi connectivity index (χ3n) is 6.79. The van der Waals surface area contributed by atoms with Crippen LogP contribution in [0.25, 0.3) is 11.1 Å². The Morgan fingerprint density at radius 3 is 2.56 bits per heavy atom. The van der Waals surface area contributed by atoms with Gasteiger partial charge in [0.25, 0.3) is 5.91 Å². The van der Waals surface area contributed by atoms with Crippen molar-refractivity contribution < 1.29 is 14.7 Å². The van der Waals surface area contributed by atoms with Crippen molar-refractivity contribution in [2.24, 2.45) is 5.92 Å². The average molecular weight is 461 g/mol. The SMILES string of the molecule is C#CCC(NC(=O)c1ccc(CN(C)CCC2CCCCC2)cc1-c1ccccc1C)C(=O)O. The molecule has 0 spiro atoms. The number of rotatable bonds is 10. The van der Waals surface area contributed by atoms with Gasteiger partial charge in [-0.25, -0.2) is 4.79 Å². The minimum Gasteiger partial charge on any atom is -0.480 e. The first-order valence-corrected chi connectivity index (χ1v) is 12.2. The molecule has 34 heavy (non-hydrogen) atoms. The van der Waals surface area contributed by atoms with Crippen molar-refractivity contribution in [2.45, 2.75) is 64.5 Å². The zero-order chi connectivity index (χ0) is 24.5. The van der Waals surface area contributed by atoms with Gasteiger partial charge in [-0.3, -0.25) is 4.79 Å². The van der Waals surface area contributed by atoms with Gasteiger partial charge in [-0.15, -0.1) is 12.3 Å². The van der Waals surface area contributed by atoms with Gasteiger partial charge in [0.05, 0.1) is 0 Å². The molecule has 1 fully saturated rings. The van der Waals surface area contributed by atoms with Crippen LogP contribution in [0.5, 0.6) is 0 Å². The number of carboxylic acids is 1. The number of hydrogen-bond acceptors (Lipinski definition) is 3. The lowest BCUT2D eigenvalue weighted by atomic mass is 9.87. The summed E-state index contributed by atoms with van der Waals surface area (Å²) < 4.78 is 0. The average Bonchev–Trinajstić information content (AvgIpc) is 2.83. The Kier molecular flexibility index (Phi) is 9.30. The second kappa shape index (κ2) is 12.4. The molecule has 0 bridgehead atoms. The molecule has 2 aromatic carbocycles. The summed E-state index contributed by atoms with van der Waals surface area (Å²) in [4.78, 5) is 26.9. The molecule has 5 nitrogen and oxygen atoms in total. The van der Waals surface area contributed by atoms with Crippen LogP contribution in [0.2, 0.25) is 0 Å². The molecule has 0 heterocycles. The van der Waals surface area contributed by atoms with Crippen LogP contribution in [0, 0.1) is 25.2 Å².